The Kier molecular flexibility index (Phi) is 4.56. The van der Waals surface area contributed by atoms with Gasteiger partial charge in [-0.1, -0.05) is 11.8 Å². The van der Waals surface area contributed by atoms with Gasteiger partial charge >= 0.3 is 5.97 Å². The van der Waals surface area contributed by atoms with E-state index in [-0.39, 0.29) is 5.97 Å². The number of hydrogen-bond donors (Lipinski definition) is 1. The molecule has 0 heterocycles. The summed E-state index contributed by atoms with van der Waals surface area (Å²) in [5, 5.41) is 2.95. The Morgan fingerprint density at radius 3 is 2.81 bits per heavy atom. The standard InChI is InChI=1S/C13H15NO2/c1-10-9-12(13(15)16-3)7-6-11(10)5-4-8-14-2/h6-7,9,14H,8H2,1-3H3. The number of esters is 1. The van der Waals surface area contributed by atoms with E-state index in [9.17, 15) is 4.79 Å². The van der Waals surface area contributed by atoms with Crippen LogP contribution in [0.5, 0.6) is 0 Å². The third kappa shape index (κ3) is 3.11. The molecule has 0 saturated heterocycles. The predicted molar refractivity (Wildman–Crippen MR) is 63.3 cm³/mol. The van der Waals surface area contributed by atoms with E-state index >= 15 is 0 Å². The van der Waals surface area contributed by atoms with Crippen molar-refractivity contribution < 1.29 is 9.53 Å². The highest BCUT2D eigenvalue weighted by Crippen LogP contribution is 2.10. The van der Waals surface area contributed by atoms with E-state index in [0.717, 1.165) is 11.1 Å². The molecule has 3 heteroatoms. The summed E-state index contributed by atoms with van der Waals surface area (Å²) < 4.78 is 4.64. The topological polar surface area (TPSA) is 38.3 Å². The molecule has 1 rings (SSSR count). The quantitative estimate of drug-likeness (QED) is 0.600. The van der Waals surface area contributed by atoms with Crippen molar-refractivity contribution in [1.29, 1.82) is 0 Å². The molecule has 1 aromatic rings. The summed E-state index contributed by atoms with van der Waals surface area (Å²) in [4.78, 5) is 11.3. The second-order valence-electron chi connectivity index (χ2n) is 3.35. The number of carbonyl (C=O) groups excluding carboxylic acids is 1. The van der Waals surface area contributed by atoms with Gasteiger partial charge in [-0.2, -0.15) is 0 Å². The minimum Gasteiger partial charge on any atom is -0.465 e. The Balaban J connectivity index is 2.93. The second kappa shape index (κ2) is 5.94. The van der Waals surface area contributed by atoms with Crippen LogP contribution in [0.4, 0.5) is 0 Å². The number of nitrogens with one attached hydrogen (secondary N) is 1. The molecule has 0 aromatic heterocycles. The fraction of sp³-hybridized carbons (Fsp3) is 0.308. The van der Waals surface area contributed by atoms with Crippen molar-refractivity contribution in [1.82, 2.24) is 5.32 Å². The van der Waals surface area contributed by atoms with Crippen LogP contribution in [0.25, 0.3) is 0 Å². The molecule has 1 aromatic carbocycles. The molecule has 0 radical (unpaired) electrons. The van der Waals surface area contributed by atoms with Gasteiger partial charge < -0.3 is 10.1 Å². The molecule has 0 aliphatic rings. The number of methoxy groups -OCH3 is 1. The monoisotopic (exact) mass is 217 g/mol. The molecule has 0 unspecified atom stereocenters. The molecule has 16 heavy (non-hydrogen) atoms. The maximum absolute atomic E-state index is 11.3. The van der Waals surface area contributed by atoms with Crippen molar-refractivity contribution in [3.63, 3.8) is 0 Å². The molecular formula is C13H15NO2. The Bertz CT molecular complexity index is 441. The molecule has 0 bridgehead atoms. The first kappa shape index (κ1) is 12.3. The molecule has 0 aliphatic heterocycles. The first-order valence-corrected chi connectivity index (χ1v) is 5.01. The molecule has 1 N–H and O–H groups in total. The highest BCUT2D eigenvalue weighted by molar-refractivity contribution is 5.89. The highest BCUT2D eigenvalue weighted by Gasteiger charge is 2.05. The van der Waals surface area contributed by atoms with Gasteiger partial charge in [0.05, 0.1) is 19.2 Å². The molecule has 84 valence electrons. The Morgan fingerprint density at radius 2 is 2.25 bits per heavy atom. The zero-order valence-corrected chi connectivity index (χ0v) is 9.76. The van der Waals surface area contributed by atoms with Crippen molar-refractivity contribution in [2.45, 2.75) is 6.92 Å². The van der Waals surface area contributed by atoms with Crippen LogP contribution in [0.3, 0.4) is 0 Å². The van der Waals surface area contributed by atoms with E-state index < -0.39 is 0 Å². The lowest BCUT2D eigenvalue weighted by Crippen LogP contribution is -2.04. The average Bonchev–Trinajstić information content (AvgIpc) is 2.30. The Morgan fingerprint density at radius 1 is 1.50 bits per heavy atom. The van der Waals surface area contributed by atoms with E-state index in [0.29, 0.717) is 12.1 Å². The molecule has 0 saturated carbocycles. The van der Waals surface area contributed by atoms with Crippen molar-refractivity contribution in [2.75, 3.05) is 20.7 Å². The summed E-state index contributed by atoms with van der Waals surface area (Å²) in [6.45, 7) is 2.58. The van der Waals surface area contributed by atoms with Crippen LogP contribution in [0, 0.1) is 18.8 Å². The normalized spacial score (nSPS) is 9.19. The number of benzene rings is 1. The van der Waals surface area contributed by atoms with Gasteiger partial charge in [-0.25, -0.2) is 4.79 Å². The zero-order chi connectivity index (χ0) is 12.0. The average molecular weight is 217 g/mol. The van der Waals surface area contributed by atoms with Crippen LogP contribution in [0.1, 0.15) is 21.5 Å². The lowest BCUT2D eigenvalue weighted by Gasteiger charge is -2.02. The number of hydrogen-bond acceptors (Lipinski definition) is 3. The van der Waals surface area contributed by atoms with Crippen LogP contribution < -0.4 is 5.32 Å². The summed E-state index contributed by atoms with van der Waals surface area (Å²) in [6, 6.07) is 5.35. The molecule has 0 amide bonds. The van der Waals surface area contributed by atoms with Crippen LogP contribution in [0.2, 0.25) is 0 Å². The molecule has 3 nitrogen and oxygen atoms in total. The molecule has 0 fully saturated rings. The fourth-order valence-corrected chi connectivity index (χ4v) is 1.28. The predicted octanol–water partition coefficient (Wildman–Crippen LogP) is 1.35. The summed E-state index contributed by atoms with van der Waals surface area (Å²) in [5.41, 5.74) is 2.47. The lowest BCUT2D eigenvalue weighted by atomic mass is 10.1. The largest absolute Gasteiger partial charge is 0.465 e. The summed E-state index contributed by atoms with van der Waals surface area (Å²) in [7, 11) is 3.22. The number of carbonyl (C=O) groups is 1. The van der Waals surface area contributed by atoms with Crippen molar-refractivity contribution in [2.24, 2.45) is 0 Å². The first-order valence-electron chi connectivity index (χ1n) is 5.01. The minimum atomic E-state index is -0.321. The van der Waals surface area contributed by atoms with Crippen LogP contribution >= 0.6 is 0 Å². The number of aryl methyl sites for hydroxylation is 1. The van der Waals surface area contributed by atoms with E-state index in [1.165, 1.54) is 7.11 Å². The van der Waals surface area contributed by atoms with Gasteiger partial charge in [0.25, 0.3) is 0 Å². The molecule has 0 spiro atoms. The van der Waals surface area contributed by atoms with Crippen molar-refractivity contribution >= 4 is 5.97 Å². The fourth-order valence-electron chi connectivity index (χ4n) is 1.28. The van der Waals surface area contributed by atoms with Gasteiger partial charge in [0.1, 0.15) is 0 Å². The van der Waals surface area contributed by atoms with Gasteiger partial charge in [-0.3, -0.25) is 0 Å². The smallest absolute Gasteiger partial charge is 0.337 e. The third-order valence-electron chi connectivity index (χ3n) is 2.14. The van der Waals surface area contributed by atoms with Gasteiger partial charge in [0.2, 0.25) is 0 Å². The summed E-state index contributed by atoms with van der Waals surface area (Å²) >= 11 is 0. The Hall–Kier alpha value is -1.79. The van der Waals surface area contributed by atoms with Crippen molar-refractivity contribution in [3.05, 3.63) is 34.9 Å². The van der Waals surface area contributed by atoms with E-state index in [1.807, 2.05) is 20.0 Å². The van der Waals surface area contributed by atoms with E-state index in [2.05, 4.69) is 21.9 Å². The van der Waals surface area contributed by atoms with Crippen molar-refractivity contribution in [3.8, 4) is 11.8 Å². The lowest BCUT2D eigenvalue weighted by molar-refractivity contribution is 0.0600. The van der Waals surface area contributed by atoms with Gasteiger partial charge in [-0.15, -0.1) is 0 Å². The maximum Gasteiger partial charge on any atom is 0.337 e. The van der Waals surface area contributed by atoms with Gasteiger partial charge in [0.15, 0.2) is 0 Å². The maximum atomic E-state index is 11.3. The van der Waals surface area contributed by atoms with Crippen LogP contribution in [-0.2, 0) is 4.74 Å². The zero-order valence-electron chi connectivity index (χ0n) is 9.76. The number of ether oxygens (including phenoxy) is 1. The summed E-state index contributed by atoms with van der Waals surface area (Å²) in [6.07, 6.45) is 0. The van der Waals surface area contributed by atoms with E-state index in [1.54, 1.807) is 12.1 Å². The van der Waals surface area contributed by atoms with E-state index in [4.69, 9.17) is 0 Å². The minimum absolute atomic E-state index is 0.321. The molecule has 0 atom stereocenters. The third-order valence-corrected chi connectivity index (χ3v) is 2.14. The van der Waals surface area contributed by atoms with Crippen LogP contribution in [-0.4, -0.2) is 26.7 Å². The van der Waals surface area contributed by atoms with Crippen LogP contribution in [0.15, 0.2) is 18.2 Å². The van der Waals surface area contributed by atoms with Gasteiger partial charge in [0, 0.05) is 5.56 Å². The summed E-state index contributed by atoms with van der Waals surface area (Å²) in [5.74, 6) is 5.69. The second-order valence-corrected chi connectivity index (χ2v) is 3.35. The van der Waals surface area contributed by atoms with Gasteiger partial charge in [-0.05, 0) is 37.7 Å². The SMILES string of the molecule is CNCC#Cc1ccc(C(=O)OC)cc1C. The number of rotatable bonds is 2. The highest BCUT2D eigenvalue weighted by atomic mass is 16.5. The first-order chi connectivity index (χ1) is 7.69. The molecule has 0 aliphatic carbocycles. The molecular weight excluding hydrogens is 202 g/mol. The Labute approximate surface area is 95.8 Å².